The van der Waals surface area contributed by atoms with Crippen LogP contribution in [0.2, 0.25) is 20.1 Å². The Kier molecular flexibility index (Phi) is 8.21. The Hall–Kier alpha value is -2.23. The van der Waals surface area contributed by atoms with Gasteiger partial charge in [0.25, 0.3) is 5.91 Å². The average Bonchev–Trinajstić information content (AvgIpc) is 2.99. The standard InChI is InChI=1S/C22H20Cl4N4O3S/c1-13-6-15(14(2)30(13)21-10-16(23)4-5-20(21)26)11-27-28-22(31)12-29(34(3,32)33)19-8-17(24)7-18(25)9-19/h4-11H,12H2,1-3H3,(H,28,31)/b27-11-. The molecule has 0 spiro atoms. The van der Waals surface area contributed by atoms with Gasteiger partial charge in [0, 0.05) is 32.0 Å². The summed E-state index contributed by atoms with van der Waals surface area (Å²) in [6, 6.07) is 11.3. The van der Waals surface area contributed by atoms with Gasteiger partial charge in [-0.3, -0.25) is 9.10 Å². The van der Waals surface area contributed by atoms with Crippen molar-refractivity contribution < 1.29 is 13.2 Å². The summed E-state index contributed by atoms with van der Waals surface area (Å²) >= 11 is 24.4. The lowest BCUT2D eigenvalue weighted by Crippen LogP contribution is -2.39. The average molecular weight is 562 g/mol. The summed E-state index contributed by atoms with van der Waals surface area (Å²) in [5.74, 6) is -0.649. The third-order valence-corrected chi connectivity index (χ3v) is 6.97. The van der Waals surface area contributed by atoms with E-state index in [-0.39, 0.29) is 15.7 Å². The molecule has 7 nitrogen and oxygen atoms in total. The normalized spacial score (nSPS) is 11.7. The predicted molar refractivity (Wildman–Crippen MR) is 140 cm³/mol. The summed E-state index contributed by atoms with van der Waals surface area (Å²) in [7, 11) is -3.79. The highest BCUT2D eigenvalue weighted by Crippen LogP contribution is 2.29. The Morgan fingerprint density at radius 1 is 1.03 bits per heavy atom. The first kappa shape index (κ1) is 26.4. The van der Waals surface area contributed by atoms with Crippen molar-refractivity contribution in [2.75, 3.05) is 17.1 Å². The minimum Gasteiger partial charge on any atom is -0.316 e. The van der Waals surface area contributed by atoms with Crippen LogP contribution in [0, 0.1) is 13.8 Å². The molecule has 34 heavy (non-hydrogen) atoms. The van der Waals surface area contributed by atoms with Gasteiger partial charge < -0.3 is 4.57 Å². The molecule has 0 atom stereocenters. The van der Waals surface area contributed by atoms with Gasteiger partial charge in [0.15, 0.2) is 0 Å². The van der Waals surface area contributed by atoms with E-state index in [4.69, 9.17) is 46.4 Å². The summed E-state index contributed by atoms with van der Waals surface area (Å²) in [4.78, 5) is 12.5. The van der Waals surface area contributed by atoms with Gasteiger partial charge in [-0.15, -0.1) is 0 Å². The third kappa shape index (κ3) is 6.25. The molecule has 0 fully saturated rings. The number of hydrogen-bond acceptors (Lipinski definition) is 4. The maximum Gasteiger partial charge on any atom is 0.260 e. The van der Waals surface area contributed by atoms with Crippen LogP contribution in [0.3, 0.4) is 0 Å². The molecule has 0 saturated heterocycles. The predicted octanol–water partition coefficient (Wildman–Crippen LogP) is 5.62. The fraction of sp³-hybridized carbons (Fsp3) is 0.182. The van der Waals surface area contributed by atoms with Crippen molar-refractivity contribution in [1.82, 2.24) is 9.99 Å². The molecule has 0 bridgehead atoms. The zero-order valence-electron chi connectivity index (χ0n) is 18.3. The zero-order valence-corrected chi connectivity index (χ0v) is 22.2. The number of carbonyl (C=O) groups is 1. The number of hydrazone groups is 1. The van der Waals surface area contributed by atoms with Crippen molar-refractivity contribution in [3.8, 4) is 5.69 Å². The summed E-state index contributed by atoms with van der Waals surface area (Å²) in [6.45, 7) is 3.27. The van der Waals surface area contributed by atoms with Crippen LogP contribution < -0.4 is 9.73 Å². The van der Waals surface area contributed by atoms with E-state index >= 15 is 0 Å². The molecule has 180 valence electrons. The molecule has 0 unspecified atom stereocenters. The van der Waals surface area contributed by atoms with Crippen LogP contribution in [-0.2, 0) is 14.8 Å². The first-order chi connectivity index (χ1) is 15.9. The molecule has 12 heteroatoms. The van der Waals surface area contributed by atoms with Crippen molar-refractivity contribution in [2.45, 2.75) is 13.8 Å². The Bertz CT molecular complexity index is 1370. The van der Waals surface area contributed by atoms with Gasteiger partial charge >= 0.3 is 0 Å². The van der Waals surface area contributed by atoms with E-state index in [1.54, 1.807) is 18.2 Å². The fourth-order valence-corrected chi connectivity index (χ4v) is 5.09. The SMILES string of the molecule is Cc1cc(/C=N\NC(=O)CN(c2cc(Cl)cc(Cl)c2)S(C)(=O)=O)c(C)n1-c1cc(Cl)ccc1Cl. The van der Waals surface area contributed by atoms with Crippen molar-refractivity contribution in [2.24, 2.45) is 5.10 Å². The quantitative estimate of drug-likeness (QED) is 0.300. The Morgan fingerprint density at radius 3 is 2.29 bits per heavy atom. The van der Waals surface area contributed by atoms with Crippen LogP contribution in [0.1, 0.15) is 17.0 Å². The number of anilines is 1. The molecule has 1 amide bonds. The lowest BCUT2D eigenvalue weighted by molar-refractivity contribution is -0.119. The number of benzene rings is 2. The topological polar surface area (TPSA) is 83.8 Å². The monoisotopic (exact) mass is 560 g/mol. The number of amides is 1. The van der Waals surface area contributed by atoms with Gasteiger partial charge in [0.2, 0.25) is 10.0 Å². The highest BCUT2D eigenvalue weighted by Gasteiger charge is 2.21. The zero-order chi connectivity index (χ0) is 25.2. The molecule has 3 rings (SSSR count). The highest BCUT2D eigenvalue weighted by atomic mass is 35.5. The lowest BCUT2D eigenvalue weighted by Gasteiger charge is -2.21. The second-order valence-corrected chi connectivity index (χ2v) is 11.1. The van der Waals surface area contributed by atoms with Crippen LogP contribution in [0.4, 0.5) is 5.69 Å². The number of rotatable bonds is 7. The van der Waals surface area contributed by atoms with Gasteiger partial charge in [0.05, 0.1) is 28.9 Å². The summed E-state index contributed by atoms with van der Waals surface area (Å²) < 4.78 is 27.3. The van der Waals surface area contributed by atoms with Crippen LogP contribution >= 0.6 is 46.4 Å². The molecule has 3 aromatic rings. The van der Waals surface area contributed by atoms with Crippen molar-refractivity contribution in [3.63, 3.8) is 0 Å². The molecule has 2 aromatic carbocycles. The van der Waals surface area contributed by atoms with Crippen LogP contribution in [-0.4, -0.2) is 37.9 Å². The number of hydrogen-bond donors (Lipinski definition) is 1. The van der Waals surface area contributed by atoms with E-state index < -0.39 is 22.5 Å². The minimum absolute atomic E-state index is 0.168. The Balaban J connectivity index is 1.79. The summed E-state index contributed by atoms with van der Waals surface area (Å²) in [6.07, 6.45) is 2.45. The second kappa shape index (κ2) is 10.6. The van der Waals surface area contributed by atoms with E-state index in [1.807, 2.05) is 24.5 Å². The van der Waals surface area contributed by atoms with Crippen molar-refractivity contribution in [3.05, 3.63) is 79.5 Å². The molecule has 0 aliphatic carbocycles. The summed E-state index contributed by atoms with van der Waals surface area (Å²) in [5.41, 5.74) is 5.68. The lowest BCUT2D eigenvalue weighted by atomic mass is 10.2. The van der Waals surface area contributed by atoms with Crippen LogP contribution in [0.5, 0.6) is 0 Å². The smallest absolute Gasteiger partial charge is 0.260 e. The van der Waals surface area contributed by atoms with E-state index in [9.17, 15) is 13.2 Å². The Morgan fingerprint density at radius 2 is 1.68 bits per heavy atom. The molecule has 1 N–H and O–H groups in total. The number of halogens is 4. The highest BCUT2D eigenvalue weighted by molar-refractivity contribution is 7.92. The molecular formula is C22H20Cl4N4O3S. The fourth-order valence-electron chi connectivity index (χ4n) is 3.37. The Labute approximate surface area is 217 Å². The largest absolute Gasteiger partial charge is 0.316 e. The van der Waals surface area contributed by atoms with Gasteiger partial charge in [-0.2, -0.15) is 5.10 Å². The molecule has 1 aromatic heterocycles. The minimum atomic E-state index is -3.79. The first-order valence-electron chi connectivity index (χ1n) is 9.77. The van der Waals surface area contributed by atoms with Gasteiger partial charge in [-0.05, 0) is 56.3 Å². The van der Waals surface area contributed by atoms with E-state index in [2.05, 4.69) is 10.5 Å². The van der Waals surface area contributed by atoms with Gasteiger partial charge in [-0.1, -0.05) is 46.4 Å². The maximum absolute atomic E-state index is 12.5. The van der Waals surface area contributed by atoms with Crippen molar-refractivity contribution in [1.29, 1.82) is 0 Å². The number of nitrogens with zero attached hydrogens (tertiary/aromatic N) is 3. The van der Waals surface area contributed by atoms with Gasteiger partial charge in [0.1, 0.15) is 6.54 Å². The molecule has 0 saturated carbocycles. The number of nitrogens with one attached hydrogen (secondary N) is 1. The number of aryl methyl sites for hydroxylation is 1. The first-order valence-corrected chi connectivity index (χ1v) is 13.1. The summed E-state index contributed by atoms with van der Waals surface area (Å²) in [5, 5.41) is 5.54. The van der Waals surface area contributed by atoms with Crippen molar-refractivity contribution >= 4 is 74.2 Å². The number of sulfonamides is 1. The maximum atomic E-state index is 12.5. The van der Waals surface area contributed by atoms with Gasteiger partial charge in [-0.25, -0.2) is 13.8 Å². The number of carbonyl (C=O) groups excluding carboxylic acids is 1. The molecule has 0 aliphatic rings. The van der Waals surface area contributed by atoms with E-state index in [1.165, 1.54) is 24.4 Å². The number of aromatic nitrogens is 1. The third-order valence-electron chi connectivity index (χ3n) is 4.84. The molecule has 0 radical (unpaired) electrons. The molecule has 0 aliphatic heterocycles. The van der Waals surface area contributed by atoms with E-state index in [0.29, 0.717) is 10.0 Å². The van der Waals surface area contributed by atoms with Crippen LogP contribution in [0.25, 0.3) is 5.69 Å². The van der Waals surface area contributed by atoms with E-state index in [0.717, 1.165) is 33.2 Å². The molecule has 1 heterocycles. The second-order valence-electron chi connectivity index (χ2n) is 7.45. The van der Waals surface area contributed by atoms with Crippen LogP contribution in [0.15, 0.2) is 47.6 Å². The molecular weight excluding hydrogens is 542 g/mol.